The van der Waals surface area contributed by atoms with Crippen molar-refractivity contribution in [2.45, 2.75) is 11.3 Å². The van der Waals surface area contributed by atoms with Crippen LogP contribution in [-0.2, 0) is 10.2 Å². The van der Waals surface area contributed by atoms with Gasteiger partial charge >= 0.3 is 0 Å². The number of nitrogens with zero attached hydrogens (tertiary/aromatic N) is 1. The SMILES string of the molecule is O=C1N(c2ccccc2)CC(c2ccccc2)C1(c1ccccc1)c1ccccc1. The van der Waals surface area contributed by atoms with Crippen molar-refractivity contribution in [3.63, 3.8) is 0 Å². The van der Waals surface area contributed by atoms with E-state index in [1.165, 1.54) is 5.56 Å². The Hall–Kier alpha value is -3.65. The molecule has 1 amide bonds. The number of hydrogen-bond donors (Lipinski definition) is 0. The number of amides is 1. The zero-order valence-corrected chi connectivity index (χ0v) is 16.7. The molecule has 1 aliphatic heterocycles. The van der Waals surface area contributed by atoms with Crippen LogP contribution in [0.15, 0.2) is 121 Å². The number of hydrogen-bond acceptors (Lipinski definition) is 1. The van der Waals surface area contributed by atoms with Crippen molar-refractivity contribution in [2.75, 3.05) is 11.4 Å². The van der Waals surface area contributed by atoms with Gasteiger partial charge in [-0.25, -0.2) is 0 Å². The number of carbonyl (C=O) groups excluding carboxylic acids is 1. The average Bonchev–Trinajstić information content (AvgIpc) is 3.15. The van der Waals surface area contributed by atoms with E-state index >= 15 is 0 Å². The Morgan fingerprint density at radius 1 is 0.600 bits per heavy atom. The molecule has 1 aliphatic rings. The quantitative estimate of drug-likeness (QED) is 0.432. The second kappa shape index (κ2) is 7.64. The lowest BCUT2D eigenvalue weighted by atomic mass is 9.65. The highest BCUT2D eigenvalue weighted by molar-refractivity contribution is 6.07. The molecule has 4 aromatic carbocycles. The molecule has 2 nitrogen and oxygen atoms in total. The number of para-hydroxylation sites is 1. The summed E-state index contributed by atoms with van der Waals surface area (Å²) in [6.45, 7) is 0.636. The molecule has 0 aromatic heterocycles. The fourth-order valence-corrected chi connectivity index (χ4v) is 4.85. The van der Waals surface area contributed by atoms with Gasteiger partial charge in [-0.05, 0) is 28.8 Å². The van der Waals surface area contributed by atoms with Crippen molar-refractivity contribution in [1.29, 1.82) is 0 Å². The lowest BCUT2D eigenvalue weighted by molar-refractivity contribution is -0.120. The van der Waals surface area contributed by atoms with Crippen LogP contribution < -0.4 is 4.90 Å². The minimum atomic E-state index is -0.778. The molecule has 1 unspecified atom stereocenters. The first-order valence-electron chi connectivity index (χ1n) is 10.3. The van der Waals surface area contributed by atoms with Gasteiger partial charge < -0.3 is 4.90 Å². The molecule has 1 heterocycles. The van der Waals surface area contributed by atoms with Crippen molar-refractivity contribution in [1.82, 2.24) is 0 Å². The molecule has 0 aliphatic carbocycles. The van der Waals surface area contributed by atoms with E-state index in [1.807, 2.05) is 77.7 Å². The molecule has 2 heteroatoms. The molecule has 0 N–H and O–H groups in total. The number of benzene rings is 4. The summed E-state index contributed by atoms with van der Waals surface area (Å²) in [4.78, 5) is 16.3. The van der Waals surface area contributed by atoms with Crippen LogP contribution in [0.1, 0.15) is 22.6 Å². The molecule has 1 fully saturated rings. The lowest BCUT2D eigenvalue weighted by Gasteiger charge is -2.34. The average molecular weight is 389 g/mol. The Morgan fingerprint density at radius 3 is 1.53 bits per heavy atom. The predicted octanol–water partition coefficient (Wildman–Crippen LogP) is 5.80. The van der Waals surface area contributed by atoms with Gasteiger partial charge in [0.25, 0.3) is 0 Å². The first-order valence-corrected chi connectivity index (χ1v) is 10.3. The minimum absolute atomic E-state index is 0.00351. The Labute approximate surface area is 177 Å². The standard InChI is InChI=1S/C28H23NO/c30-27-28(23-15-7-2-8-16-23,24-17-9-3-10-18-24)26(22-13-5-1-6-14-22)21-29(27)25-19-11-4-12-20-25/h1-20,26H,21H2. The predicted molar refractivity (Wildman–Crippen MR) is 122 cm³/mol. The van der Waals surface area contributed by atoms with Crippen LogP contribution in [0.2, 0.25) is 0 Å². The summed E-state index contributed by atoms with van der Waals surface area (Å²) in [6, 6.07) is 41.0. The Bertz CT molecular complexity index is 1080. The van der Waals surface area contributed by atoms with E-state index < -0.39 is 5.41 Å². The van der Waals surface area contributed by atoms with Gasteiger partial charge in [0.1, 0.15) is 5.41 Å². The van der Waals surface area contributed by atoms with Gasteiger partial charge in [0.15, 0.2) is 0 Å². The highest BCUT2D eigenvalue weighted by atomic mass is 16.2. The summed E-state index contributed by atoms with van der Waals surface area (Å²) < 4.78 is 0. The molecule has 0 saturated carbocycles. The van der Waals surface area contributed by atoms with Crippen molar-refractivity contribution in [2.24, 2.45) is 0 Å². The molecule has 0 bridgehead atoms. The molecular weight excluding hydrogens is 366 g/mol. The van der Waals surface area contributed by atoms with Gasteiger partial charge in [-0.2, -0.15) is 0 Å². The summed E-state index contributed by atoms with van der Waals surface area (Å²) in [5, 5.41) is 0. The van der Waals surface area contributed by atoms with Crippen molar-refractivity contribution >= 4 is 11.6 Å². The smallest absolute Gasteiger partial charge is 0.242 e. The van der Waals surface area contributed by atoms with Gasteiger partial charge in [0, 0.05) is 18.2 Å². The first-order chi connectivity index (χ1) is 14.8. The number of anilines is 1. The van der Waals surface area contributed by atoms with E-state index in [2.05, 4.69) is 48.5 Å². The normalized spacial score (nSPS) is 17.8. The number of rotatable bonds is 4. The summed E-state index contributed by atoms with van der Waals surface area (Å²) >= 11 is 0. The Morgan fingerprint density at radius 2 is 1.03 bits per heavy atom. The summed E-state index contributed by atoms with van der Waals surface area (Å²) in [5.41, 5.74) is 3.41. The maximum Gasteiger partial charge on any atom is 0.242 e. The van der Waals surface area contributed by atoms with Crippen LogP contribution in [0.5, 0.6) is 0 Å². The van der Waals surface area contributed by atoms with Crippen LogP contribution in [-0.4, -0.2) is 12.5 Å². The third-order valence-corrected chi connectivity index (χ3v) is 6.20. The molecule has 30 heavy (non-hydrogen) atoms. The van der Waals surface area contributed by atoms with Crippen molar-refractivity contribution in [3.8, 4) is 0 Å². The monoisotopic (exact) mass is 389 g/mol. The zero-order chi connectivity index (χ0) is 20.4. The van der Waals surface area contributed by atoms with Gasteiger partial charge in [0.05, 0.1) is 0 Å². The second-order valence-corrected chi connectivity index (χ2v) is 7.75. The Kier molecular flexibility index (Phi) is 4.68. The molecular formula is C28H23NO. The van der Waals surface area contributed by atoms with Crippen LogP contribution >= 0.6 is 0 Å². The summed E-state index contributed by atoms with van der Waals surface area (Å²) in [6.07, 6.45) is 0. The summed E-state index contributed by atoms with van der Waals surface area (Å²) in [7, 11) is 0. The van der Waals surface area contributed by atoms with E-state index in [4.69, 9.17) is 0 Å². The van der Waals surface area contributed by atoms with Crippen LogP contribution in [0, 0.1) is 0 Å². The van der Waals surface area contributed by atoms with Gasteiger partial charge in [-0.3, -0.25) is 4.79 Å². The fourth-order valence-electron chi connectivity index (χ4n) is 4.85. The minimum Gasteiger partial charge on any atom is -0.311 e. The van der Waals surface area contributed by atoms with Gasteiger partial charge in [0.2, 0.25) is 5.91 Å². The van der Waals surface area contributed by atoms with E-state index in [0.717, 1.165) is 16.8 Å². The highest BCUT2D eigenvalue weighted by Crippen LogP contribution is 2.51. The molecule has 1 saturated heterocycles. The Balaban J connectivity index is 1.79. The van der Waals surface area contributed by atoms with Crippen LogP contribution in [0.25, 0.3) is 0 Å². The van der Waals surface area contributed by atoms with Gasteiger partial charge in [-0.1, -0.05) is 109 Å². The highest BCUT2D eigenvalue weighted by Gasteiger charge is 2.56. The van der Waals surface area contributed by atoms with Gasteiger partial charge in [-0.15, -0.1) is 0 Å². The van der Waals surface area contributed by atoms with Crippen LogP contribution in [0.4, 0.5) is 5.69 Å². The van der Waals surface area contributed by atoms with E-state index in [9.17, 15) is 4.79 Å². The largest absolute Gasteiger partial charge is 0.311 e. The van der Waals surface area contributed by atoms with E-state index in [1.54, 1.807) is 0 Å². The molecule has 5 rings (SSSR count). The summed E-state index contributed by atoms with van der Waals surface area (Å²) in [5.74, 6) is 0.121. The second-order valence-electron chi connectivity index (χ2n) is 7.75. The molecule has 0 spiro atoms. The zero-order valence-electron chi connectivity index (χ0n) is 16.7. The molecule has 4 aromatic rings. The first kappa shape index (κ1) is 18.4. The maximum atomic E-state index is 14.3. The third-order valence-electron chi connectivity index (χ3n) is 6.20. The van der Waals surface area contributed by atoms with E-state index in [0.29, 0.717) is 6.54 Å². The van der Waals surface area contributed by atoms with Crippen LogP contribution in [0.3, 0.4) is 0 Å². The van der Waals surface area contributed by atoms with Crippen molar-refractivity contribution in [3.05, 3.63) is 138 Å². The molecule has 146 valence electrons. The topological polar surface area (TPSA) is 20.3 Å². The van der Waals surface area contributed by atoms with E-state index in [-0.39, 0.29) is 11.8 Å². The fraction of sp³-hybridized carbons (Fsp3) is 0.107. The van der Waals surface area contributed by atoms with Crippen molar-refractivity contribution < 1.29 is 4.79 Å². The maximum absolute atomic E-state index is 14.3. The molecule has 1 atom stereocenters. The number of carbonyl (C=O) groups is 1. The molecule has 0 radical (unpaired) electrons. The lowest BCUT2D eigenvalue weighted by Crippen LogP contribution is -2.41. The third kappa shape index (κ3) is 2.84.